The molecule has 7 heteroatoms. The number of fused-ring (bicyclic) bond motifs is 1. The molecule has 0 unspecified atom stereocenters. The molecule has 0 fully saturated rings. The van der Waals surface area contributed by atoms with Crippen LogP contribution in [0, 0.1) is 6.92 Å². The van der Waals surface area contributed by atoms with Gasteiger partial charge in [0, 0.05) is 11.9 Å². The first-order valence-electron chi connectivity index (χ1n) is 6.30. The second-order valence-corrected chi connectivity index (χ2v) is 4.53. The Hall–Kier alpha value is -2.44. The van der Waals surface area contributed by atoms with Gasteiger partial charge in [-0.15, -0.1) is 0 Å². The molecule has 0 saturated heterocycles. The zero-order valence-electron chi connectivity index (χ0n) is 11.5. The first-order chi connectivity index (χ1) is 9.43. The molecule has 106 valence electrons. The molecule has 0 saturated carbocycles. The van der Waals surface area contributed by atoms with Crippen LogP contribution >= 0.6 is 0 Å². The predicted molar refractivity (Wildman–Crippen MR) is 72.5 cm³/mol. The van der Waals surface area contributed by atoms with Crippen molar-refractivity contribution in [2.24, 2.45) is 0 Å². The summed E-state index contributed by atoms with van der Waals surface area (Å²) in [4.78, 5) is 27.2. The smallest absolute Gasteiger partial charge is 0.325 e. The van der Waals surface area contributed by atoms with Crippen LogP contribution in [0.4, 0.5) is 0 Å². The Labute approximate surface area is 115 Å². The number of aryl methyl sites for hydroxylation is 2. The summed E-state index contributed by atoms with van der Waals surface area (Å²) in [5.74, 6) is -1.53. The van der Waals surface area contributed by atoms with Gasteiger partial charge in [-0.3, -0.25) is 9.59 Å². The van der Waals surface area contributed by atoms with E-state index in [2.05, 4.69) is 15.4 Å². The predicted octanol–water partition coefficient (Wildman–Crippen LogP) is 0.963. The van der Waals surface area contributed by atoms with Crippen LogP contribution in [0.25, 0.3) is 11.0 Å². The topological polar surface area (TPSA) is 97.1 Å². The van der Waals surface area contributed by atoms with E-state index in [0.717, 1.165) is 5.39 Å². The Balaban J connectivity index is 2.37. The van der Waals surface area contributed by atoms with E-state index in [1.165, 1.54) is 6.92 Å². The van der Waals surface area contributed by atoms with Crippen molar-refractivity contribution in [1.82, 2.24) is 20.1 Å². The molecule has 0 aromatic carbocycles. The summed E-state index contributed by atoms with van der Waals surface area (Å²) < 4.78 is 1.74. The van der Waals surface area contributed by atoms with Crippen molar-refractivity contribution in [1.29, 1.82) is 0 Å². The van der Waals surface area contributed by atoms with Crippen LogP contribution in [0.1, 0.15) is 29.9 Å². The Kier molecular flexibility index (Phi) is 3.69. The third-order valence-electron chi connectivity index (χ3n) is 3.06. The van der Waals surface area contributed by atoms with Gasteiger partial charge in [-0.2, -0.15) is 5.10 Å². The van der Waals surface area contributed by atoms with Crippen LogP contribution in [-0.4, -0.2) is 37.8 Å². The molecule has 2 heterocycles. The monoisotopic (exact) mass is 276 g/mol. The molecule has 0 bridgehead atoms. The Morgan fingerprint density at radius 3 is 2.80 bits per heavy atom. The van der Waals surface area contributed by atoms with Crippen molar-refractivity contribution in [3.05, 3.63) is 23.5 Å². The minimum absolute atomic E-state index is 0.362. The normalized spacial score (nSPS) is 12.3. The number of aromatic nitrogens is 3. The van der Waals surface area contributed by atoms with Gasteiger partial charge in [0.05, 0.1) is 17.5 Å². The quantitative estimate of drug-likeness (QED) is 0.867. The minimum Gasteiger partial charge on any atom is -0.480 e. The summed E-state index contributed by atoms with van der Waals surface area (Å²) in [6.45, 7) is 5.78. The fourth-order valence-electron chi connectivity index (χ4n) is 1.89. The lowest BCUT2D eigenvalue weighted by molar-refractivity contribution is -0.138. The fourth-order valence-corrected chi connectivity index (χ4v) is 1.89. The van der Waals surface area contributed by atoms with E-state index >= 15 is 0 Å². The van der Waals surface area contributed by atoms with Crippen LogP contribution in [0.3, 0.4) is 0 Å². The van der Waals surface area contributed by atoms with Crippen molar-refractivity contribution in [3.63, 3.8) is 0 Å². The lowest BCUT2D eigenvalue weighted by atomic mass is 10.1. The highest BCUT2D eigenvalue weighted by Gasteiger charge is 2.18. The number of hydrogen-bond donors (Lipinski definition) is 2. The van der Waals surface area contributed by atoms with Gasteiger partial charge in [-0.1, -0.05) is 0 Å². The van der Waals surface area contributed by atoms with Gasteiger partial charge >= 0.3 is 5.97 Å². The van der Waals surface area contributed by atoms with Crippen molar-refractivity contribution < 1.29 is 14.7 Å². The molecular weight excluding hydrogens is 260 g/mol. The van der Waals surface area contributed by atoms with Crippen LogP contribution in [0.15, 0.2) is 12.3 Å². The standard InChI is InChI=1S/C13H16N4O3/c1-4-17-11-9(6-14-17)5-10(7(2)15-11)12(18)16-8(3)13(19)20/h5-6,8H,4H2,1-3H3,(H,16,18)(H,19,20)/t8-/m0/s1. The SMILES string of the molecule is CCn1ncc2cc(C(=O)N[C@@H](C)C(=O)O)c(C)nc21. The summed E-state index contributed by atoms with van der Waals surface area (Å²) in [5, 5.41) is 16.2. The highest BCUT2D eigenvalue weighted by molar-refractivity contribution is 5.99. The van der Waals surface area contributed by atoms with Gasteiger partial charge < -0.3 is 10.4 Å². The molecule has 20 heavy (non-hydrogen) atoms. The van der Waals surface area contributed by atoms with Crippen LogP contribution in [0.5, 0.6) is 0 Å². The fraction of sp³-hybridized carbons (Fsp3) is 0.385. The van der Waals surface area contributed by atoms with Crippen LogP contribution in [-0.2, 0) is 11.3 Å². The van der Waals surface area contributed by atoms with Gasteiger partial charge in [0.15, 0.2) is 5.65 Å². The number of nitrogens with one attached hydrogen (secondary N) is 1. The Morgan fingerprint density at radius 2 is 2.20 bits per heavy atom. The number of carboxylic acids is 1. The number of nitrogens with zero attached hydrogens (tertiary/aromatic N) is 3. The summed E-state index contributed by atoms with van der Waals surface area (Å²) in [5.41, 5.74) is 1.62. The summed E-state index contributed by atoms with van der Waals surface area (Å²) in [7, 11) is 0. The average molecular weight is 276 g/mol. The van der Waals surface area contributed by atoms with Crippen LogP contribution in [0.2, 0.25) is 0 Å². The maximum absolute atomic E-state index is 12.1. The lowest BCUT2D eigenvalue weighted by Crippen LogP contribution is -2.38. The Bertz CT molecular complexity index is 678. The third-order valence-corrected chi connectivity index (χ3v) is 3.06. The summed E-state index contributed by atoms with van der Waals surface area (Å²) >= 11 is 0. The number of carbonyl (C=O) groups excluding carboxylic acids is 1. The second-order valence-electron chi connectivity index (χ2n) is 4.53. The van der Waals surface area contributed by atoms with E-state index < -0.39 is 17.9 Å². The number of carbonyl (C=O) groups is 2. The number of amides is 1. The first kappa shape index (κ1) is 14.0. The zero-order chi connectivity index (χ0) is 14.9. The second kappa shape index (κ2) is 5.28. The van der Waals surface area contributed by atoms with Gasteiger partial charge in [-0.05, 0) is 26.8 Å². The number of rotatable bonds is 4. The van der Waals surface area contributed by atoms with E-state index in [-0.39, 0.29) is 0 Å². The largest absolute Gasteiger partial charge is 0.480 e. The molecule has 0 aliphatic rings. The number of aliphatic carboxylic acids is 1. The van der Waals surface area contributed by atoms with E-state index in [4.69, 9.17) is 5.11 Å². The summed E-state index contributed by atoms with van der Waals surface area (Å²) in [6, 6.07) is 0.733. The molecule has 2 rings (SSSR count). The van der Waals surface area contributed by atoms with Gasteiger partial charge in [0.1, 0.15) is 6.04 Å². The average Bonchev–Trinajstić information content (AvgIpc) is 2.79. The molecule has 1 amide bonds. The van der Waals surface area contributed by atoms with Crippen molar-refractivity contribution in [3.8, 4) is 0 Å². The van der Waals surface area contributed by atoms with E-state index in [1.807, 2.05) is 6.92 Å². The number of carboxylic acid groups (broad SMARTS) is 1. The molecule has 2 aromatic rings. The van der Waals surface area contributed by atoms with E-state index in [9.17, 15) is 9.59 Å². The molecule has 0 spiro atoms. The first-order valence-corrected chi connectivity index (χ1v) is 6.30. The van der Waals surface area contributed by atoms with Crippen LogP contribution < -0.4 is 5.32 Å². The molecule has 2 N–H and O–H groups in total. The van der Waals surface area contributed by atoms with Crippen molar-refractivity contribution in [2.75, 3.05) is 0 Å². The molecule has 0 radical (unpaired) electrons. The molecule has 0 aliphatic heterocycles. The Morgan fingerprint density at radius 1 is 1.50 bits per heavy atom. The van der Waals surface area contributed by atoms with Gasteiger partial charge in [0.25, 0.3) is 5.91 Å². The zero-order valence-corrected chi connectivity index (χ0v) is 11.5. The maximum Gasteiger partial charge on any atom is 0.325 e. The number of hydrogen-bond acceptors (Lipinski definition) is 4. The minimum atomic E-state index is -1.08. The lowest BCUT2D eigenvalue weighted by Gasteiger charge is -2.11. The van der Waals surface area contributed by atoms with Crippen molar-refractivity contribution >= 4 is 22.9 Å². The maximum atomic E-state index is 12.1. The van der Waals surface area contributed by atoms with Gasteiger partial charge in [-0.25, -0.2) is 9.67 Å². The van der Waals surface area contributed by atoms with E-state index in [1.54, 1.807) is 23.9 Å². The van der Waals surface area contributed by atoms with E-state index in [0.29, 0.717) is 23.4 Å². The summed E-state index contributed by atoms with van der Waals surface area (Å²) in [6.07, 6.45) is 1.64. The molecule has 7 nitrogen and oxygen atoms in total. The highest BCUT2D eigenvalue weighted by atomic mass is 16.4. The molecule has 2 aromatic heterocycles. The highest BCUT2D eigenvalue weighted by Crippen LogP contribution is 2.16. The molecule has 1 atom stereocenters. The third kappa shape index (κ3) is 2.47. The van der Waals surface area contributed by atoms with Gasteiger partial charge in [0.2, 0.25) is 0 Å². The molecular formula is C13H16N4O3. The molecule has 0 aliphatic carbocycles. The number of pyridine rings is 1. The van der Waals surface area contributed by atoms with Crippen molar-refractivity contribution in [2.45, 2.75) is 33.4 Å².